The topological polar surface area (TPSA) is 131 Å². The van der Waals surface area contributed by atoms with Crippen molar-refractivity contribution in [2.75, 3.05) is 35.6 Å². The van der Waals surface area contributed by atoms with Crippen molar-refractivity contribution < 1.29 is 27.2 Å². The fraction of sp³-hybridized carbons (Fsp3) is 0.321. The molecule has 0 radical (unpaired) electrons. The Morgan fingerprint density at radius 3 is 2.57 bits per heavy atom. The van der Waals surface area contributed by atoms with Gasteiger partial charge in [0.15, 0.2) is 0 Å². The molecule has 0 aliphatic carbocycles. The number of hydrogen-bond acceptors (Lipinski definition) is 7. The minimum absolute atomic E-state index is 0.0623. The Bertz CT molecular complexity index is 1700. The number of carbonyl (C=O) groups is 2. The molecule has 1 aromatic carbocycles. The third-order valence-electron chi connectivity index (χ3n) is 7.98. The Morgan fingerprint density at radius 1 is 1.07 bits per heavy atom. The predicted molar refractivity (Wildman–Crippen MR) is 146 cm³/mol. The zero-order valence-electron chi connectivity index (χ0n) is 22.2. The number of rotatable bonds is 4. The van der Waals surface area contributed by atoms with Gasteiger partial charge < -0.3 is 21.3 Å². The van der Waals surface area contributed by atoms with Crippen LogP contribution in [0.25, 0.3) is 16.8 Å². The number of fused-ring (bicyclic) bond motifs is 1. The molecule has 2 aliphatic heterocycles. The molecule has 0 saturated carbocycles. The summed E-state index contributed by atoms with van der Waals surface area (Å²) in [4.78, 5) is 40.0. The Morgan fingerprint density at radius 2 is 1.86 bits per heavy atom. The molecular weight excluding hydrogens is 556 g/mol. The first kappa shape index (κ1) is 27.4. The van der Waals surface area contributed by atoms with Crippen molar-refractivity contribution in [2.24, 2.45) is 5.41 Å². The van der Waals surface area contributed by atoms with Crippen LogP contribution < -0.4 is 21.3 Å². The lowest BCUT2D eigenvalue weighted by molar-refractivity contribution is -0.137. The molecule has 4 aromatic rings. The van der Waals surface area contributed by atoms with Crippen molar-refractivity contribution in [3.8, 4) is 11.3 Å². The van der Waals surface area contributed by atoms with Gasteiger partial charge in [-0.1, -0.05) is 0 Å². The van der Waals surface area contributed by atoms with Gasteiger partial charge in [-0.2, -0.15) is 13.2 Å². The lowest BCUT2D eigenvalue weighted by atomic mass is 9.72. The number of hydrogen-bond donors (Lipinski definition) is 3. The molecule has 14 heteroatoms. The SMILES string of the molecule is Nc1nccn2c(N3CCC4(CCCNC4=O)CC3)nc(-c3ccc(C(=O)Nc4cc(C(F)(F)F)ccn4)cc3F)c12. The molecule has 5 heterocycles. The predicted octanol–water partition coefficient (Wildman–Crippen LogP) is 4.28. The molecule has 4 N–H and O–H groups in total. The number of aromatic nitrogens is 4. The number of halogens is 4. The van der Waals surface area contributed by atoms with Gasteiger partial charge in [0, 0.05) is 49.4 Å². The van der Waals surface area contributed by atoms with Gasteiger partial charge >= 0.3 is 6.18 Å². The van der Waals surface area contributed by atoms with Crippen molar-refractivity contribution in [1.29, 1.82) is 0 Å². The van der Waals surface area contributed by atoms with Crippen LogP contribution in [-0.4, -0.2) is 50.8 Å². The molecule has 2 amide bonds. The highest BCUT2D eigenvalue weighted by atomic mass is 19.4. The summed E-state index contributed by atoms with van der Waals surface area (Å²) in [7, 11) is 0. The molecule has 6 rings (SSSR count). The van der Waals surface area contributed by atoms with Crippen LogP contribution in [0.15, 0.2) is 48.9 Å². The first-order valence-electron chi connectivity index (χ1n) is 13.4. The summed E-state index contributed by atoms with van der Waals surface area (Å²) in [5.74, 6) is -1.20. The number of imidazole rings is 1. The van der Waals surface area contributed by atoms with Gasteiger partial charge in [-0.3, -0.25) is 14.0 Å². The van der Waals surface area contributed by atoms with Crippen LogP contribution >= 0.6 is 0 Å². The van der Waals surface area contributed by atoms with E-state index in [0.717, 1.165) is 31.2 Å². The van der Waals surface area contributed by atoms with E-state index in [9.17, 15) is 22.8 Å². The van der Waals surface area contributed by atoms with Crippen molar-refractivity contribution in [2.45, 2.75) is 31.9 Å². The normalized spacial score (nSPS) is 17.0. The Hall–Kier alpha value is -4.75. The highest BCUT2D eigenvalue weighted by Crippen LogP contribution is 2.41. The first-order valence-corrected chi connectivity index (χ1v) is 13.4. The molecule has 2 aliphatic rings. The number of amides is 2. The second kappa shape index (κ2) is 10.3. The molecule has 0 bridgehead atoms. The first-order chi connectivity index (χ1) is 20.1. The van der Waals surface area contributed by atoms with Gasteiger partial charge in [0.2, 0.25) is 11.9 Å². The number of benzene rings is 1. The van der Waals surface area contributed by atoms with Crippen molar-refractivity contribution in [1.82, 2.24) is 24.7 Å². The third-order valence-corrected chi connectivity index (χ3v) is 7.98. The van der Waals surface area contributed by atoms with E-state index < -0.39 is 28.9 Å². The highest BCUT2D eigenvalue weighted by Gasteiger charge is 2.43. The number of nitrogen functional groups attached to an aromatic ring is 1. The second-order valence-corrected chi connectivity index (χ2v) is 10.5. The molecule has 218 valence electrons. The van der Waals surface area contributed by atoms with E-state index in [1.54, 1.807) is 10.6 Å². The summed E-state index contributed by atoms with van der Waals surface area (Å²) in [6.45, 7) is 1.83. The zero-order valence-corrected chi connectivity index (χ0v) is 22.2. The standard InChI is InChI=1S/C28H26F4N8O2/c29-19-14-16(24(41)37-20-15-17(4-9-34-20)28(30,31)32)2-3-18(19)21-22-23(33)35-10-13-40(22)26(38-21)39-11-6-27(7-12-39)5-1-8-36-25(27)42/h2-4,9-10,13-15H,1,5-8,11-12H2,(H2,33,35)(H,36,42)(H,34,37,41). The molecule has 1 spiro atoms. The van der Waals surface area contributed by atoms with E-state index in [4.69, 9.17) is 10.7 Å². The van der Waals surface area contributed by atoms with Gasteiger partial charge in [0.25, 0.3) is 5.91 Å². The summed E-state index contributed by atoms with van der Waals surface area (Å²) in [6.07, 6.45) is 2.60. The van der Waals surface area contributed by atoms with E-state index in [1.165, 1.54) is 18.3 Å². The summed E-state index contributed by atoms with van der Waals surface area (Å²) in [6, 6.07) is 5.15. The maximum Gasteiger partial charge on any atom is 0.416 e. The Kier molecular flexibility index (Phi) is 6.70. The van der Waals surface area contributed by atoms with Gasteiger partial charge in [0.05, 0.1) is 11.0 Å². The van der Waals surface area contributed by atoms with E-state index in [2.05, 4.69) is 20.6 Å². The molecule has 42 heavy (non-hydrogen) atoms. The van der Waals surface area contributed by atoms with Crippen LogP contribution in [0.5, 0.6) is 0 Å². The number of piperidine rings is 2. The average molecular weight is 583 g/mol. The van der Waals surface area contributed by atoms with E-state index in [1.807, 2.05) is 4.90 Å². The van der Waals surface area contributed by atoms with Crippen LogP contribution in [0, 0.1) is 11.2 Å². The molecule has 10 nitrogen and oxygen atoms in total. The van der Waals surface area contributed by atoms with Gasteiger partial charge in [-0.05, 0) is 56.0 Å². The van der Waals surface area contributed by atoms with E-state index in [-0.39, 0.29) is 34.4 Å². The lowest BCUT2D eigenvalue weighted by Gasteiger charge is -2.42. The van der Waals surface area contributed by atoms with Crippen molar-refractivity contribution in [3.05, 3.63) is 65.9 Å². The fourth-order valence-corrected chi connectivity index (χ4v) is 5.71. The van der Waals surface area contributed by atoms with E-state index in [0.29, 0.717) is 50.0 Å². The monoisotopic (exact) mass is 582 g/mol. The molecule has 0 atom stereocenters. The quantitative estimate of drug-likeness (QED) is 0.306. The summed E-state index contributed by atoms with van der Waals surface area (Å²) >= 11 is 0. The molecule has 2 saturated heterocycles. The Labute approximate surface area is 237 Å². The minimum Gasteiger partial charge on any atom is -0.382 e. The van der Waals surface area contributed by atoms with Gasteiger partial charge in [0.1, 0.15) is 28.7 Å². The highest BCUT2D eigenvalue weighted by molar-refractivity contribution is 6.04. The van der Waals surface area contributed by atoms with Crippen LogP contribution in [0.1, 0.15) is 41.6 Å². The number of pyridine rings is 1. The maximum absolute atomic E-state index is 15.5. The summed E-state index contributed by atoms with van der Waals surface area (Å²) in [5, 5.41) is 5.25. The third kappa shape index (κ3) is 4.86. The Balaban J connectivity index is 1.28. The smallest absolute Gasteiger partial charge is 0.382 e. The number of carbonyl (C=O) groups excluding carboxylic acids is 2. The van der Waals surface area contributed by atoms with Crippen LogP contribution in [0.3, 0.4) is 0 Å². The van der Waals surface area contributed by atoms with E-state index >= 15 is 4.39 Å². The molecule has 0 unspecified atom stereocenters. The van der Waals surface area contributed by atoms with Crippen molar-refractivity contribution in [3.63, 3.8) is 0 Å². The number of nitrogens with zero attached hydrogens (tertiary/aromatic N) is 5. The van der Waals surface area contributed by atoms with Crippen LogP contribution in [0.4, 0.5) is 35.1 Å². The van der Waals surface area contributed by atoms with Crippen molar-refractivity contribution >= 4 is 34.9 Å². The number of nitrogens with one attached hydrogen (secondary N) is 2. The minimum atomic E-state index is -4.61. The second-order valence-electron chi connectivity index (χ2n) is 10.5. The van der Waals surface area contributed by atoms with Gasteiger partial charge in [-0.25, -0.2) is 19.3 Å². The summed E-state index contributed by atoms with van der Waals surface area (Å²) < 4.78 is 56.3. The molecular formula is C28H26F4N8O2. The number of alkyl halides is 3. The van der Waals surface area contributed by atoms with Crippen LogP contribution in [0.2, 0.25) is 0 Å². The van der Waals surface area contributed by atoms with Crippen LogP contribution in [-0.2, 0) is 11.0 Å². The number of anilines is 3. The van der Waals surface area contributed by atoms with Gasteiger partial charge in [-0.15, -0.1) is 0 Å². The molecule has 3 aromatic heterocycles. The summed E-state index contributed by atoms with van der Waals surface area (Å²) in [5.41, 5.74) is 5.37. The fourth-order valence-electron chi connectivity index (χ4n) is 5.71. The number of nitrogens with two attached hydrogens (primary N) is 1. The maximum atomic E-state index is 15.5. The molecule has 2 fully saturated rings. The average Bonchev–Trinajstić information content (AvgIpc) is 3.35. The lowest BCUT2D eigenvalue weighted by Crippen LogP contribution is -2.52. The zero-order chi connectivity index (χ0) is 29.6. The largest absolute Gasteiger partial charge is 0.416 e.